The number of rotatable bonds is 6. The van der Waals surface area contributed by atoms with Gasteiger partial charge in [-0.05, 0) is 23.8 Å². The predicted octanol–water partition coefficient (Wildman–Crippen LogP) is 4.49. The molecule has 0 aromatic heterocycles. The van der Waals surface area contributed by atoms with Crippen molar-refractivity contribution in [1.29, 1.82) is 0 Å². The third-order valence-electron chi connectivity index (χ3n) is 3.37. The molecule has 0 saturated carbocycles. The van der Waals surface area contributed by atoms with Gasteiger partial charge in [-0.15, -0.1) is 0 Å². The Balaban J connectivity index is 2.04. The fraction of sp³-hybridized carbons (Fsp3) is 0.176. The molecule has 1 atom stereocenters. The molecule has 0 aliphatic rings. The van der Waals surface area contributed by atoms with Gasteiger partial charge in [-0.1, -0.05) is 59.1 Å². The largest absolute Gasteiger partial charge is 0.461 e. The van der Waals surface area contributed by atoms with Crippen molar-refractivity contribution in [1.82, 2.24) is 5.32 Å². The first kappa shape index (κ1) is 19.4. The number of nitrogens with one attached hydrogen (secondary N) is 1. The molecule has 0 aliphatic carbocycles. The summed E-state index contributed by atoms with van der Waals surface area (Å²) in [5.74, 6) is -0.537. The maximum Gasteiger partial charge on any atom is 0.312 e. The Morgan fingerprint density at radius 1 is 1.08 bits per heavy atom. The fourth-order valence-electron chi connectivity index (χ4n) is 2.19. The molecule has 0 saturated heterocycles. The maximum absolute atomic E-state index is 12.1. The van der Waals surface area contributed by atoms with Gasteiger partial charge in [-0.25, -0.2) is 4.79 Å². The third kappa shape index (κ3) is 5.81. The van der Waals surface area contributed by atoms with Gasteiger partial charge in [0, 0.05) is 20.6 Å². The van der Waals surface area contributed by atoms with Crippen LogP contribution in [0.4, 0.5) is 4.79 Å². The molecule has 0 bridgehead atoms. The molecule has 2 rings (SSSR count). The van der Waals surface area contributed by atoms with Gasteiger partial charge in [0.05, 0.1) is 12.5 Å². The Hall–Kier alpha value is -1.95. The first-order valence-electron chi connectivity index (χ1n) is 7.26. The molecular weight excluding hydrogens is 387 g/mol. The number of urea groups is 1. The van der Waals surface area contributed by atoms with Gasteiger partial charge in [0.2, 0.25) is 0 Å². The summed E-state index contributed by atoms with van der Waals surface area (Å²) in [5, 5.41) is 3.80. The molecule has 0 unspecified atom stereocenters. The van der Waals surface area contributed by atoms with Gasteiger partial charge in [-0.2, -0.15) is 0 Å². The molecule has 0 fully saturated rings. The average Bonchev–Trinajstić information content (AvgIpc) is 2.53. The number of carbonyl (C=O) groups excluding carboxylic acids is 2. The minimum Gasteiger partial charge on any atom is -0.461 e. The van der Waals surface area contributed by atoms with E-state index in [9.17, 15) is 9.59 Å². The Kier molecular flexibility index (Phi) is 6.93. The van der Waals surface area contributed by atoms with E-state index in [2.05, 4.69) is 5.32 Å². The molecule has 2 aromatic rings. The zero-order chi connectivity index (χ0) is 18.4. The number of esters is 1. The van der Waals surface area contributed by atoms with E-state index < -0.39 is 18.0 Å². The van der Waals surface area contributed by atoms with Gasteiger partial charge >= 0.3 is 12.0 Å². The number of benzene rings is 2. The number of hydrogen-bond donors (Lipinski definition) is 2. The van der Waals surface area contributed by atoms with Crippen LogP contribution in [0, 0.1) is 0 Å². The summed E-state index contributed by atoms with van der Waals surface area (Å²) < 4.78 is 5.22. The summed E-state index contributed by atoms with van der Waals surface area (Å²) in [6.07, 6.45) is -0.127. The number of carbonyl (C=O) groups is 2. The highest BCUT2D eigenvalue weighted by Crippen LogP contribution is 2.26. The minimum absolute atomic E-state index is 0.0132. The molecule has 2 amide bonds. The van der Waals surface area contributed by atoms with Crippen molar-refractivity contribution in [2.75, 3.05) is 0 Å². The van der Waals surface area contributed by atoms with E-state index in [4.69, 9.17) is 45.3 Å². The van der Waals surface area contributed by atoms with Crippen LogP contribution in [0.1, 0.15) is 23.6 Å². The van der Waals surface area contributed by atoms with E-state index in [1.165, 1.54) is 0 Å². The second kappa shape index (κ2) is 8.94. The van der Waals surface area contributed by atoms with Crippen molar-refractivity contribution in [3.63, 3.8) is 0 Å². The molecule has 5 nitrogen and oxygen atoms in total. The molecular formula is C17H15Cl3N2O3. The van der Waals surface area contributed by atoms with Gasteiger partial charge in [0.15, 0.2) is 0 Å². The van der Waals surface area contributed by atoms with Gasteiger partial charge in [0.1, 0.15) is 6.61 Å². The lowest BCUT2D eigenvalue weighted by Crippen LogP contribution is -2.34. The van der Waals surface area contributed by atoms with E-state index in [1.54, 1.807) is 42.5 Å². The molecule has 2 aromatic carbocycles. The molecule has 132 valence electrons. The Labute approximate surface area is 160 Å². The normalized spacial score (nSPS) is 11.6. The van der Waals surface area contributed by atoms with Crippen molar-refractivity contribution >= 4 is 46.8 Å². The summed E-state index contributed by atoms with van der Waals surface area (Å²) in [5.41, 5.74) is 6.38. The van der Waals surface area contributed by atoms with Crippen LogP contribution in [0.25, 0.3) is 0 Å². The van der Waals surface area contributed by atoms with Crippen molar-refractivity contribution in [2.45, 2.75) is 19.1 Å². The molecule has 0 spiro atoms. The number of nitrogens with two attached hydrogens (primary N) is 1. The van der Waals surface area contributed by atoms with E-state index in [-0.39, 0.29) is 13.0 Å². The molecule has 0 heterocycles. The highest BCUT2D eigenvalue weighted by Gasteiger charge is 2.20. The zero-order valence-electron chi connectivity index (χ0n) is 13.0. The molecule has 8 heteroatoms. The lowest BCUT2D eigenvalue weighted by molar-refractivity contribution is -0.145. The summed E-state index contributed by atoms with van der Waals surface area (Å²) in [7, 11) is 0. The van der Waals surface area contributed by atoms with Crippen LogP contribution in [0.5, 0.6) is 0 Å². The average molecular weight is 402 g/mol. The van der Waals surface area contributed by atoms with Crippen molar-refractivity contribution in [3.05, 3.63) is 68.7 Å². The lowest BCUT2D eigenvalue weighted by Gasteiger charge is -2.18. The maximum atomic E-state index is 12.1. The predicted molar refractivity (Wildman–Crippen MR) is 97.8 cm³/mol. The fourth-order valence-corrected chi connectivity index (χ4v) is 2.92. The number of ether oxygens (including phenoxy) is 1. The van der Waals surface area contributed by atoms with Gasteiger partial charge < -0.3 is 15.8 Å². The smallest absolute Gasteiger partial charge is 0.312 e. The quantitative estimate of drug-likeness (QED) is 0.700. The lowest BCUT2D eigenvalue weighted by atomic mass is 10.0. The monoisotopic (exact) mass is 400 g/mol. The van der Waals surface area contributed by atoms with E-state index in [0.29, 0.717) is 26.2 Å². The standard InChI is InChI=1S/C17H15Cl3N2O3/c18-11-6-5-10(14(20)7-11)9-25-16(23)8-15(22-17(21)24)12-3-1-2-4-13(12)19/h1-7,15H,8-9H2,(H3,21,22,24)/t15-/m1/s1. The Morgan fingerprint density at radius 2 is 1.80 bits per heavy atom. The van der Waals surface area contributed by atoms with Crippen LogP contribution in [-0.4, -0.2) is 12.0 Å². The first-order chi connectivity index (χ1) is 11.9. The van der Waals surface area contributed by atoms with Crippen LogP contribution in [0.15, 0.2) is 42.5 Å². The minimum atomic E-state index is -0.765. The highest BCUT2D eigenvalue weighted by atomic mass is 35.5. The van der Waals surface area contributed by atoms with Crippen LogP contribution >= 0.6 is 34.8 Å². The van der Waals surface area contributed by atoms with E-state index >= 15 is 0 Å². The van der Waals surface area contributed by atoms with Crippen LogP contribution < -0.4 is 11.1 Å². The SMILES string of the molecule is NC(=O)N[C@H](CC(=O)OCc1ccc(Cl)cc1Cl)c1ccccc1Cl. The van der Waals surface area contributed by atoms with Gasteiger partial charge in [-0.3, -0.25) is 4.79 Å². The second-order valence-electron chi connectivity index (χ2n) is 5.18. The number of halogens is 3. The van der Waals surface area contributed by atoms with Crippen molar-refractivity contribution in [2.24, 2.45) is 5.73 Å². The summed E-state index contributed by atoms with van der Waals surface area (Å²) in [6, 6.07) is 10.3. The van der Waals surface area contributed by atoms with E-state index in [0.717, 1.165) is 0 Å². The molecule has 0 aliphatic heterocycles. The second-order valence-corrected chi connectivity index (χ2v) is 6.43. The summed E-state index contributed by atoms with van der Waals surface area (Å²) in [6.45, 7) is -0.0132. The van der Waals surface area contributed by atoms with Crippen LogP contribution in [0.3, 0.4) is 0 Å². The Morgan fingerprint density at radius 3 is 2.44 bits per heavy atom. The summed E-state index contributed by atoms with van der Waals surface area (Å²) >= 11 is 18.0. The van der Waals surface area contributed by atoms with Crippen LogP contribution in [-0.2, 0) is 16.1 Å². The molecule has 25 heavy (non-hydrogen) atoms. The molecule has 3 N–H and O–H groups in total. The molecule has 0 radical (unpaired) electrons. The third-order valence-corrected chi connectivity index (χ3v) is 4.30. The van der Waals surface area contributed by atoms with Crippen molar-refractivity contribution in [3.8, 4) is 0 Å². The summed E-state index contributed by atoms with van der Waals surface area (Å²) in [4.78, 5) is 23.4. The topological polar surface area (TPSA) is 81.4 Å². The number of hydrogen-bond acceptors (Lipinski definition) is 3. The Bertz CT molecular complexity index is 783. The van der Waals surface area contributed by atoms with Crippen molar-refractivity contribution < 1.29 is 14.3 Å². The van der Waals surface area contributed by atoms with E-state index in [1.807, 2.05) is 0 Å². The first-order valence-corrected chi connectivity index (χ1v) is 8.40. The zero-order valence-corrected chi connectivity index (χ0v) is 15.2. The highest BCUT2D eigenvalue weighted by molar-refractivity contribution is 6.35. The van der Waals surface area contributed by atoms with Gasteiger partial charge in [0.25, 0.3) is 0 Å². The number of primary amides is 1. The number of amides is 2. The van der Waals surface area contributed by atoms with Crippen LogP contribution in [0.2, 0.25) is 15.1 Å².